The van der Waals surface area contributed by atoms with E-state index in [4.69, 9.17) is 0 Å². The fourth-order valence-electron chi connectivity index (χ4n) is 1.36. The van der Waals surface area contributed by atoms with Crippen LogP contribution in [-0.4, -0.2) is 4.98 Å². The third-order valence-electron chi connectivity index (χ3n) is 2.20. The Morgan fingerprint density at radius 2 is 2.33 bits per heavy atom. The van der Waals surface area contributed by atoms with E-state index in [0.29, 0.717) is 6.04 Å². The molecule has 0 spiro atoms. The van der Waals surface area contributed by atoms with Crippen LogP contribution >= 0.6 is 22.7 Å². The van der Waals surface area contributed by atoms with E-state index in [1.807, 2.05) is 6.92 Å². The normalized spacial score (nSPS) is 12.9. The first-order valence-corrected chi connectivity index (χ1v) is 6.69. The molecule has 1 N–H and O–H groups in total. The summed E-state index contributed by atoms with van der Waals surface area (Å²) in [6.07, 6.45) is 0. The van der Waals surface area contributed by atoms with Gasteiger partial charge in [0.15, 0.2) is 0 Å². The molecule has 2 nitrogen and oxygen atoms in total. The first-order chi connectivity index (χ1) is 7.25. The molecule has 0 aliphatic rings. The predicted octanol–water partition coefficient (Wildman–Crippen LogP) is 3.36. The standard InChI is InChI=1S/C11H14N2S2/c1-8-7-15-11(13-8)6-12-9(2)10-4-3-5-14-10/h3-5,7,9,12H,6H2,1-2H3/t9-/m1/s1. The van der Waals surface area contributed by atoms with Gasteiger partial charge in [-0.05, 0) is 25.3 Å². The van der Waals surface area contributed by atoms with Gasteiger partial charge in [-0.3, -0.25) is 0 Å². The molecule has 15 heavy (non-hydrogen) atoms. The van der Waals surface area contributed by atoms with Gasteiger partial charge in [-0.15, -0.1) is 22.7 Å². The maximum atomic E-state index is 4.42. The molecule has 0 bridgehead atoms. The van der Waals surface area contributed by atoms with E-state index in [0.717, 1.165) is 17.2 Å². The van der Waals surface area contributed by atoms with E-state index in [-0.39, 0.29) is 0 Å². The molecule has 2 aromatic heterocycles. The molecular formula is C11H14N2S2. The minimum Gasteiger partial charge on any atom is -0.303 e. The SMILES string of the molecule is Cc1csc(CN[C@H](C)c2cccs2)n1. The molecule has 0 saturated heterocycles. The van der Waals surface area contributed by atoms with E-state index in [1.54, 1.807) is 22.7 Å². The maximum absolute atomic E-state index is 4.42. The van der Waals surface area contributed by atoms with Crippen molar-refractivity contribution in [2.24, 2.45) is 0 Å². The van der Waals surface area contributed by atoms with Crippen molar-refractivity contribution in [3.63, 3.8) is 0 Å². The monoisotopic (exact) mass is 238 g/mol. The van der Waals surface area contributed by atoms with Crippen LogP contribution in [0.3, 0.4) is 0 Å². The van der Waals surface area contributed by atoms with Crippen molar-refractivity contribution in [2.45, 2.75) is 26.4 Å². The molecule has 2 heterocycles. The Labute approximate surface area is 98.0 Å². The summed E-state index contributed by atoms with van der Waals surface area (Å²) in [5, 5.41) is 8.84. The minimum absolute atomic E-state index is 0.411. The topological polar surface area (TPSA) is 24.9 Å². The summed E-state index contributed by atoms with van der Waals surface area (Å²) in [5.74, 6) is 0. The molecule has 0 radical (unpaired) electrons. The molecule has 0 saturated carbocycles. The van der Waals surface area contributed by atoms with E-state index in [2.05, 4.69) is 40.1 Å². The molecule has 0 aliphatic heterocycles. The third-order valence-corrected chi connectivity index (χ3v) is 4.22. The Hall–Kier alpha value is -0.710. The van der Waals surface area contributed by atoms with Crippen molar-refractivity contribution in [3.8, 4) is 0 Å². The second-order valence-electron chi connectivity index (χ2n) is 3.50. The number of thiophene rings is 1. The highest BCUT2D eigenvalue weighted by atomic mass is 32.1. The van der Waals surface area contributed by atoms with E-state index >= 15 is 0 Å². The Balaban J connectivity index is 1.88. The van der Waals surface area contributed by atoms with Gasteiger partial charge in [0, 0.05) is 28.5 Å². The summed E-state index contributed by atoms with van der Waals surface area (Å²) in [5.41, 5.74) is 1.11. The van der Waals surface area contributed by atoms with Gasteiger partial charge < -0.3 is 5.32 Å². The lowest BCUT2D eigenvalue weighted by Gasteiger charge is -2.10. The first-order valence-electron chi connectivity index (χ1n) is 4.93. The molecule has 2 rings (SSSR count). The summed E-state index contributed by atoms with van der Waals surface area (Å²) in [6, 6.07) is 4.66. The van der Waals surface area contributed by atoms with Gasteiger partial charge >= 0.3 is 0 Å². The summed E-state index contributed by atoms with van der Waals surface area (Å²) in [6.45, 7) is 5.08. The highest BCUT2D eigenvalue weighted by Crippen LogP contribution is 2.19. The molecule has 0 fully saturated rings. The fraction of sp³-hybridized carbons (Fsp3) is 0.364. The van der Waals surface area contributed by atoms with Crippen molar-refractivity contribution in [1.29, 1.82) is 0 Å². The van der Waals surface area contributed by atoms with Crippen molar-refractivity contribution in [3.05, 3.63) is 38.5 Å². The number of nitrogens with zero attached hydrogens (tertiary/aromatic N) is 1. The van der Waals surface area contributed by atoms with Crippen LogP contribution < -0.4 is 5.32 Å². The Bertz CT molecular complexity index is 406. The van der Waals surface area contributed by atoms with Gasteiger partial charge in [0.2, 0.25) is 0 Å². The highest BCUT2D eigenvalue weighted by molar-refractivity contribution is 7.10. The zero-order valence-electron chi connectivity index (χ0n) is 8.86. The molecule has 2 aromatic rings. The number of rotatable bonds is 4. The van der Waals surface area contributed by atoms with Gasteiger partial charge in [0.25, 0.3) is 0 Å². The lowest BCUT2D eigenvalue weighted by atomic mass is 10.3. The van der Waals surface area contributed by atoms with Crippen LogP contribution in [0.15, 0.2) is 22.9 Å². The lowest BCUT2D eigenvalue weighted by Crippen LogP contribution is -2.16. The van der Waals surface area contributed by atoms with Gasteiger partial charge in [-0.1, -0.05) is 6.07 Å². The number of nitrogens with one attached hydrogen (secondary N) is 1. The van der Waals surface area contributed by atoms with Crippen molar-refractivity contribution < 1.29 is 0 Å². The Kier molecular flexibility index (Phi) is 3.51. The largest absolute Gasteiger partial charge is 0.303 e. The molecule has 80 valence electrons. The second-order valence-corrected chi connectivity index (χ2v) is 5.42. The van der Waals surface area contributed by atoms with Crippen LogP contribution in [0, 0.1) is 6.92 Å². The van der Waals surface area contributed by atoms with E-state index < -0.39 is 0 Å². The summed E-state index contributed by atoms with van der Waals surface area (Å²) < 4.78 is 0. The van der Waals surface area contributed by atoms with Gasteiger partial charge in [-0.2, -0.15) is 0 Å². The lowest BCUT2D eigenvalue weighted by molar-refractivity contribution is 0.581. The summed E-state index contributed by atoms with van der Waals surface area (Å²) >= 11 is 3.51. The zero-order chi connectivity index (χ0) is 10.7. The second kappa shape index (κ2) is 4.88. The number of thiazole rings is 1. The average Bonchev–Trinajstić information content (AvgIpc) is 2.84. The number of hydrogen-bond donors (Lipinski definition) is 1. The molecule has 0 aliphatic carbocycles. The first kappa shape index (κ1) is 10.8. The quantitative estimate of drug-likeness (QED) is 0.883. The zero-order valence-corrected chi connectivity index (χ0v) is 10.5. The van der Waals surface area contributed by atoms with Crippen LogP contribution in [0.5, 0.6) is 0 Å². The van der Waals surface area contributed by atoms with Crippen molar-refractivity contribution in [1.82, 2.24) is 10.3 Å². The molecule has 0 aromatic carbocycles. The molecule has 0 unspecified atom stereocenters. The number of hydrogen-bond acceptors (Lipinski definition) is 4. The van der Waals surface area contributed by atoms with E-state index in [9.17, 15) is 0 Å². The predicted molar refractivity (Wildman–Crippen MR) is 66.4 cm³/mol. The van der Waals surface area contributed by atoms with Crippen LogP contribution in [0.25, 0.3) is 0 Å². The van der Waals surface area contributed by atoms with Crippen LogP contribution in [0.2, 0.25) is 0 Å². The summed E-state index contributed by atoms with van der Waals surface area (Å²) in [7, 11) is 0. The maximum Gasteiger partial charge on any atom is 0.107 e. The van der Waals surface area contributed by atoms with Gasteiger partial charge in [-0.25, -0.2) is 4.98 Å². The smallest absolute Gasteiger partial charge is 0.107 e. The molecule has 0 amide bonds. The third kappa shape index (κ3) is 2.87. The van der Waals surface area contributed by atoms with Crippen LogP contribution in [0.4, 0.5) is 0 Å². The fourth-order valence-corrected chi connectivity index (χ4v) is 2.84. The molecule has 4 heteroatoms. The van der Waals surface area contributed by atoms with Crippen LogP contribution in [0.1, 0.15) is 28.5 Å². The number of aryl methyl sites for hydroxylation is 1. The Morgan fingerprint density at radius 3 is 2.93 bits per heavy atom. The van der Waals surface area contributed by atoms with Crippen molar-refractivity contribution in [2.75, 3.05) is 0 Å². The molecular weight excluding hydrogens is 224 g/mol. The number of aromatic nitrogens is 1. The average molecular weight is 238 g/mol. The Morgan fingerprint density at radius 1 is 1.47 bits per heavy atom. The highest BCUT2D eigenvalue weighted by Gasteiger charge is 2.06. The molecule has 1 atom stereocenters. The summed E-state index contributed by atoms with van der Waals surface area (Å²) in [4.78, 5) is 5.80. The van der Waals surface area contributed by atoms with E-state index in [1.165, 1.54) is 4.88 Å². The van der Waals surface area contributed by atoms with Crippen LogP contribution in [-0.2, 0) is 6.54 Å². The minimum atomic E-state index is 0.411. The van der Waals surface area contributed by atoms with Gasteiger partial charge in [0.1, 0.15) is 5.01 Å². The van der Waals surface area contributed by atoms with Gasteiger partial charge in [0.05, 0.1) is 0 Å². The van der Waals surface area contributed by atoms with Crippen molar-refractivity contribution >= 4 is 22.7 Å².